The third kappa shape index (κ3) is 3.10. The minimum absolute atomic E-state index is 0.0989. The summed E-state index contributed by atoms with van der Waals surface area (Å²) in [7, 11) is 0. The van der Waals surface area contributed by atoms with E-state index in [1.54, 1.807) is 0 Å². The molecular formula is C20H23N3O3S. The van der Waals surface area contributed by atoms with Gasteiger partial charge in [-0.15, -0.1) is 11.3 Å². The fourth-order valence-electron chi connectivity index (χ4n) is 4.11. The van der Waals surface area contributed by atoms with Crippen LogP contribution in [0.15, 0.2) is 24.3 Å². The molecule has 0 unspecified atom stereocenters. The topological polar surface area (TPSA) is 78.5 Å². The number of rotatable bonds is 5. The number of carbonyl (C=O) groups is 3. The number of nitrogens with zero attached hydrogens (tertiary/aromatic N) is 1. The molecule has 0 radical (unpaired) electrons. The van der Waals surface area contributed by atoms with E-state index in [9.17, 15) is 14.4 Å². The molecule has 1 spiro atoms. The third-order valence-corrected chi connectivity index (χ3v) is 6.87. The van der Waals surface area contributed by atoms with Crippen molar-refractivity contribution in [3.05, 3.63) is 34.7 Å². The molecular weight excluding hydrogens is 362 g/mol. The van der Waals surface area contributed by atoms with Crippen LogP contribution in [-0.2, 0) is 4.79 Å². The number of amides is 4. The highest BCUT2D eigenvalue weighted by Gasteiger charge is 2.51. The lowest BCUT2D eigenvalue weighted by atomic mass is 9.98. The highest BCUT2D eigenvalue weighted by atomic mass is 32.1. The number of urea groups is 1. The van der Waals surface area contributed by atoms with Crippen molar-refractivity contribution in [2.45, 2.75) is 44.6 Å². The first kappa shape index (κ1) is 18.0. The molecule has 1 saturated carbocycles. The van der Waals surface area contributed by atoms with Crippen LogP contribution in [0.25, 0.3) is 10.1 Å². The highest BCUT2D eigenvalue weighted by molar-refractivity contribution is 7.21. The average molecular weight is 385 g/mol. The van der Waals surface area contributed by atoms with E-state index in [0.717, 1.165) is 46.2 Å². The van der Waals surface area contributed by atoms with E-state index in [2.05, 4.69) is 10.6 Å². The van der Waals surface area contributed by atoms with Gasteiger partial charge in [-0.3, -0.25) is 14.5 Å². The zero-order valence-electron chi connectivity index (χ0n) is 15.3. The molecule has 1 aromatic heterocycles. The largest absolute Gasteiger partial charge is 0.351 e. The molecule has 2 aliphatic rings. The zero-order valence-corrected chi connectivity index (χ0v) is 16.2. The Kier molecular flexibility index (Phi) is 4.63. The Balaban J connectivity index is 1.32. The highest BCUT2D eigenvalue weighted by Crippen LogP contribution is 2.35. The Bertz CT molecular complexity index is 914. The van der Waals surface area contributed by atoms with Crippen molar-refractivity contribution in [2.24, 2.45) is 0 Å². The van der Waals surface area contributed by atoms with Gasteiger partial charge in [0.1, 0.15) is 5.54 Å². The second kappa shape index (κ2) is 6.96. The van der Waals surface area contributed by atoms with E-state index >= 15 is 0 Å². The molecule has 2 fully saturated rings. The van der Waals surface area contributed by atoms with Crippen LogP contribution in [0.4, 0.5) is 4.79 Å². The van der Waals surface area contributed by atoms with Gasteiger partial charge in [0.05, 0.1) is 4.88 Å². The molecule has 1 aromatic carbocycles. The Morgan fingerprint density at radius 3 is 2.74 bits per heavy atom. The minimum Gasteiger partial charge on any atom is -0.351 e. The number of benzene rings is 1. The first-order chi connectivity index (χ1) is 13.0. The average Bonchev–Trinajstić information content (AvgIpc) is 3.32. The second-order valence-electron chi connectivity index (χ2n) is 7.34. The van der Waals surface area contributed by atoms with E-state index in [4.69, 9.17) is 0 Å². The smallest absolute Gasteiger partial charge is 0.325 e. The van der Waals surface area contributed by atoms with E-state index in [1.165, 1.54) is 16.2 Å². The summed E-state index contributed by atoms with van der Waals surface area (Å²) >= 11 is 1.49. The molecule has 2 N–H and O–H groups in total. The summed E-state index contributed by atoms with van der Waals surface area (Å²) in [4.78, 5) is 39.3. The summed E-state index contributed by atoms with van der Waals surface area (Å²) < 4.78 is 1.10. The quantitative estimate of drug-likeness (QED) is 0.613. The fraction of sp³-hybridized carbons (Fsp3) is 0.450. The lowest BCUT2D eigenvalue weighted by Crippen LogP contribution is -2.44. The number of carbonyl (C=O) groups excluding carboxylic acids is 3. The Morgan fingerprint density at radius 2 is 2.00 bits per heavy atom. The SMILES string of the molecule is Cc1c(C(=O)NCCCN2C(=O)NC3(CCCC3)C2=O)sc2ccccc12. The van der Waals surface area contributed by atoms with Crippen LogP contribution in [0.5, 0.6) is 0 Å². The molecule has 4 rings (SSSR count). The predicted octanol–water partition coefficient (Wildman–Crippen LogP) is 3.19. The third-order valence-electron chi connectivity index (χ3n) is 5.60. The van der Waals surface area contributed by atoms with Crippen LogP contribution in [0, 0.1) is 6.92 Å². The number of fused-ring (bicyclic) bond motifs is 1. The van der Waals surface area contributed by atoms with Crippen molar-refractivity contribution in [3.8, 4) is 0 Å². The first-order valence-corrected chi connectivity index (χ1v) is 10.2. The lowest BCUT2D eigenvalue weighted by molar-refractivity contribution is -0.131. The maximum atomic E-state index is 12.6. The normalized spacial score (nSPS) is 18.5. The van der Waals surface area contributed by atoms with E-state index in [0.29, 0.717) is 19.5 Å². The number of hydrogen-bond donors (Lipinski definition) is 2. The number of aryl methyl sites for hydroxylation is 1. The summed E-state index contributed by atoms with van der Waals surface area (Å²) in [5, 5.41) is 6.90. The number of hydrogen-bond acceptors (Lipinski definition) is 4. The van der Waals surface area contributed by atoms with Gasteiger partial charge in [0, 0.05) is 17.8 Å². The predicted molar refractivity (Wildman–Crippen MR) is 105 cm³/mol. The number of imide groups is 1. The van der Waals surface area contributed by atoms with Gasteiger partial charge in [-0.05, 0) is 43.2 Å². The van der Waals surface area contributed by atoms with Crippen LogP contribution < -0.4 is 10.6 Å². The van der Waals surface area contributed by atoms with Crippen molar-refractivity contribution in [1.82, 2.24) is 15.5 Å². The standard InChI is InChI=1S/C20H23N3O3S/c1-13-14-7-2-3-8-15(14)27-16(13)17(24)21-11-6-12-23-18(25)20(22-19(23)26)9-4-5-10-20/h2-3,7-8H,4-6,9-12H2,1H3,(H,21,24)(H,22,26). The molecule has 0 bridgehead atoms. The molecule has 4 amide bonds. The van der Waals surface area contributed by atoms with E-state index in [-0.39, 0.29) is 17.8 Å². The van der Waals surface area contributed by atoms with E-state index < -0.39 is 5.54 Å². The fourth-order valence-corrected chi connectivity index (χ4v) is 5.23. The molecule has 2 aromatic rings. The summed E-state index contributed by atoms with van der Waals surface area (Å²) in [6.45, 7) is 2.72. The van der Waals surface area contributed by atoms with Crippen LogP contribution in [0.3, 0.4) is 0 Å². The van der Waals surface area contributed by atoms with Gasteiger partial charge in [-0.25, -0.2) is 4.79 Å². The summed E-state index contributed by atoms with van der Waals surface area (Å²) in [6.07, 6.45) is 3.96. The van der Waals surface area contributed by atoms with Crippen molar-refractivity contribution in [3.63, 3.8) is 0 Å². The molecule has 2 heterocycles. The summed E-state index contributed by atoms with van der Waals surface area (Å²) in [5.41, 5.74) is 0.333. The Labute approximate surface area is 161 Å². The van der Waals surface area contributed by atoms with Gasteiger partial charge < -0.3 is 10.6 Å². The van der Waals surface area contributed by atoms with Crippen molar-refractivity contribution in [1.29, 1.82) is 0 Å². The monoisotopic (exact) mass is 385 g/mol. The van der Waals surface area contributed by atoms with Gasteiger partial charge >= 0.3 is 6.03 Å². The molecule has 1 aliphatic carbocycles. The van der Waals surface area contributed by atoms with Gasteiger partial charge in [0.15, 0.2) is 0 Å². The first-order valence-electron chi connectivity index (χ1n) is 9.42. The van der Waals surface area contributed by atoms with Crippen LogP contribution >= 0.6 is 11.3 Å². The number of thiophene rings is 1. The van der Waals surface area contributed by atoms with Crippen molar-refractivity contribution < 1.29 is 14.4 Å². The Hall–Kier alpha value is -2.41. The van der Waals surface area contributed by atoms with Crippen molar-refractivity contribution >= 4 is 39.3 Å². The second-order valence-corrected chi connectivity index (χ2v) is 8.39. The van der Waals surface area contributed by atoms with E-state index in [1.807, 2.05) is 31.2 Å². The van der Waals surface area contributed by atoms with Crippen LogP contribution in [-0.4, -0.2) is 41.4 Å². The van der Waals surface area contributed by atoms with Crippen molar-refractivity contribution in [2.75, 3.05) is 13.1 Å². The Morgan fingerprint density at radius 1 is 1.26 bits per heavy atom. The zero-order chi connectivity index (χ0) is 19.0. The molecule has 6 nitrogen and oxygen atoms in total. The maximum absolute atomic E-state index is 12.6. The van der Waals surface area contributed by atoms with Gasteiger partial charge in [-0.2, -0.15) is 0 Å². The number of nitrogens with one attached hydrogen (secondary N) is 2. The lowest BCUT2D eigenvalue weighted by Gasteiger charge is -2.20. The van der Waals surface area contributed by atoms with Gasteiger partial charge in [-0.1, -0.05) is 31.0 Å². The molecule has 27 heavy (non-hydrogen) atoms. The molecule has 1 aliphatic heterocycles. The van der Waals surface area contributed by atoms with Crippen LogP contribution in [0.2, 0.25) is 0 Å². The molecule has 7 heteroatoms. The molecule has 1 saturated heterocycles. The molecule has 142 valence electrons. The van der Waals surface area contributed by atoms with Gasteiger partial charge in [0.25, 0.3) is 11.8 Å². The minimum atomic E-state index is -0.658. The molecule has 0 atom stereocenters. The van der Waals surface area contributed by atoms with Crippen LogP contribution in [0.1, 0.15) is 47.3 Å². The summed E-state index contributed by atoms with van der Waals surface area (Å²) in [5.74, 6) is -0.199. The maximum Gasteiger partial charge on any atom is 0.325 e. The van der Waals surface area contributed by atoms with Gasteiger partial charge in [0.2, 0.25) is 0 Å². The summed E-state index contributed by atoms with van der Waals surface area (Å²) in [6, 6.07) is 7.68.